The van der Waals surface area contributed by atoms with Crippen LogP contribution in [0.1, 0.15) is 37.2 Å². The molecule has 0 bridgehead atoms. The molecule has 2 aromatic rings. The molecule has 0 saturated carbocycles. The molecule has 0 radical (unpaired) electrons. The van der Waals surface area contributed by atoms with Gasteiger partial charge in [-0.05, 0) is 30.0 Å². The Bertz CT molecular complexity index is 857. The Kier molecular flexibility index (Phi) is 7.59. The Balaban J connectivity index is 1.47. The molecule has 170 valence electrons. The number of likely N-dealkylation sites (tertiary alicyclic amines) is 1. The summed E-state index contributed by atoms with van der Waals surface area (Å²) in [4.78, 5) is 11.0. The van der Waals surface area contributed by atoms with Gasteiger partial charge in [0.15, 0.2) is 5.96 Å². The third-order valence-electron chi connectivity index (χ3n) is 5.30. The van der Waals surface area contributed by atoms with Crippen molar-refractivity contribution in [1.82, 2.24) is 25.1 Å². The van der Waals surface area contributed by atoms with E-state index in [2.05, 4.69) is 43.9 Å². The van der Waals surface area contributed by atoms with E-state index in [4.69, 9.17) is 0 Å². The van der Waals surface area contributed by atoms with E-state index in [0.29, 0.717) is 19.0 Å². The van der Waals surface area contributed by atoms with Gasteiger partial charge in [0.1, 0.15) is 5.82 Å². The van der Waals surface area contributed by atoms with Crippen LogP contribution >= 0.6 is 0 Å². The fraction of sp³-hybridized carbons (Fsp3) is 0.545. The summed E-state index contributed by atoms with van der Waals surface area (Å²) in [6.45, 7) is 8.18. The standard InChI is InChI=1S/C22H31F3N6/c1-16(2)13-31-11-9-27-20(31)12-28-21(26-3)29-19-8-10-30(15-19)14-17-4-6-18(7-5-17)22(23,24)25/h4-7,9,11,16,19H,8,10,12-15H2,1-3H3,(H2,26,28,29). The minimum Gasteiger partial charge on any atom is -0.352 e. The highest BCUT2D eigenvalue weighted by Crippen LogP contribution is 2.29. The van der Waals surface area contributed by atoms with Crippen LogP contribution in [0.5, 0.6) is 0 Å². The molecule has 1 atom stereocenters. The average Bonchev–Trinajstić information content (AvgIpc) is 3.33. The monoisotopic (exact) mass is 436 g/mol. The fourth-order valence-corrected chi connectivity index (χ4v) is 3.77. The second kappa shape index (κ2) is 10.2. The summed E-state index contributed by atoms with van der Waals surface area (Å²) in [6, 6.07) is 5.65. The third-order valence-corrected chi connectivity index (χ3v) is 5.30. The number of nitrogens with one attached hydrogen (secondary N) is 2. The molecule has 2 N–H and O–H groups in total. The van der Waals surface area contributed by atoms with Crippen LogP contribution in [0.4, 0.5) is 13.2 Å². The van der Waals surface area contributed by atoms with E-state index in [0.717, 1.165) is 55.5 Å². The second-order valence-electron chi connectivity index (χ2n) is 8.38. The van der Waals surface area contributed by atoms with Gasteiger partial charge in [-0.25, -0.2) is 4.98 Å². The molecule has 1 aliphatic rings. The Hall–Kier alpha value is -2.55. The van der Waals surface area contributed by atoms with Crippen molar-refractivity contribution in [2.75, 3.05) is 20.1 Å². The van der Waals surface area contributed by atoms with Crippen molar-refractivity contribution in [2.45, 2.75) is 52.1 Å². The summed E-state index contributed by atoms with van der Waals surface area (Å²) in [5.74, 6) is 2.23. The lowest BCUT2D eigenvalue weighted by Gasteiger charge is -2.19. The van der Waals surface area contributed by atoms with Crippen molar-refractivity contribution in [3.8, 4) is 0 Å². The lowest BCUT2D eigenvalue weighted by atomic mass is 10.1. The molecule has 1 aromatic carbocycles. The van der Waals surface area contributed by atoms with Gasteiger partial charge in [0.05, 0.1) is 12.1 Å². The van der Waals surface area contributed by atoms with E-state index in [9.17, 15) is 13.2 Å². The van der Waals surface area contributed by atoms with Crippen molar-refractivity contribution < 1.29 is 13.2 Å². The van der Waals surface area contributed by atoms with Crippen molar-refractivity contribution in [3.05, 3.63) is 53.6 Å². The number of alkyl halides is 3. The smallest absolute Gasteiger partial charge is 0.352 e. The van der Waals surface area contributed by atoms with Gasteiger partial charge in [-0.1, -0.05) is 26.0 Å². The molecule has 9 heteroatoms. The molecule has 3 rings (SSSR count). The maximum absolute atomic E-state index is 12.7. The number of nitrogens with zero attached hydrogens (tertiary/aromatic N) is 4. The summed E-state index contributed by atoms with van der Waals surface area (Å²) in [5.41, 5.74) is 0.272. The highest BCUT2D eigenvalue weighted by atomic mass is 19.4. The highest BCUT2D eigenvalue weighted by molar-refractivity contribution is 5.79. The third kappa shape index (κ3) is 6.72. The minimum absolute atomic E-state index is 0.232. The molecule has 1 unspecified atom stereocenters. The normalized spacial score (nSPS) is 18.0. The van der Waals surface area contributed by atoms with Crippen LogP contribution in [0.3, 0.4) is 0 Å². The molecule has 1 aliphatic heterocycles. The van der Waals surface area contributed by atoms with Crippen LogP contribution in [-0.4, -0.2) is 46.6 Å². The first-order valence-corrected chi connectivity index (χ1v) is 10.6. The van der Waals surface area contributed by atoms with E-state index in [1.54, 1.807) is 19.2 Å². The topological polar surface area (TPSA) is 57.5 Å². The first-order valence-electron chi connectivity index (χ1n) is 10.6. The van der Waals surface area contributed by atoms with Crippen LogP contribution < -0.4 is 10.6 Å². The maximum atomic E-state index is 12.7. The highest BCUT2D eigenvalue weighted by Gasteiger charge is 2.30. The van der Waals surface area contributed by atoms with E-state index in [-0.39, 0.29) is 6.04 Å². The summed E-state index contributed by atoms with van der Waals surface area (Å²) in [7, 11) is 1.74. The first kappa shape index (κ1) is 23.1. The fourth-order valence-electron chi connectivity index (χ4n) is 3.77. The van der Waals surface area contributed by atoms with Crippen molar-refractivity contribution in [3.63, 3.8) is 0 Å². The Morgan fingerprint density at radius 3 is 2.65 bits per heavy atom. The molecule has 1 saturated heterocycles. The molecular weight excluding hydrogens is 405 g/mol. The molecular formula is C22H31F3N6. The molecule has 0 aliphatic carbocycles. The number of halogens is 3. The SMILES string of the molecule is CN=C(NCc1nccn1CC(C)C)NC1CCN(Cc2ccc(C(F)(F)F)cc2)C1. The number of aliphatic imine (C=N–C) groups is 1. The molecule has 1 aromatic heterocycles. The number of benzene rings is 1. The molecule has 6 nitrogen and oxygen atoms in total. The zero-order valence-electron chi connectivity index (χ0n) is 18.3. The summed E-state index contributed by atoms with van der Waals surface area (Å²) >= 11 is 0. The van der Waals surface area contributed by atoms with E-state index in [1.165, 1.54) is 0 Å². The van der Waals surface area contributed by atoms with Crippen molar-refractivity contribution in [2.24, 2.45) is 10.9 Å². The van der Waals surface area contributed by atoms with Crippen LogP contribution in [0.2, 0.25) is 0 Å². The van der Waals surface area contributed by atoms with Gasteiger partial charge in [-0.3, -0.25) is 9.89 Å². The summed E-state index contributed by atoms with van der Waals surface area (Å²) in [5, 5.41) is 6.77. The first-order chi connectivity index (χ1) is 14.7. The molecule has 0 amide bonds. The second-order valence-corrected chi connectivity index (χ2v) is 8.38. The Labute approximate surface area is 181 Å². The summed E-state index contributed by atoms with van der Waals surface area (Å²) in [6.07, 6.45) is 0.453. The van der Waals surface area contributed by atoms with Gasteiger partial charge in [0.25, 0.3) is 0 Å². The molecule has 0 spiro atoms. The number of imidazole rings is 1. The van der Waals surface area contributed by atoms with Gasteiger partial charge in [-0.2, -0.15) is 13.2 Å². The number of aromatic nitrogens is 2. The largest absolute Gasteiger partial charge is 0.416 e. The predicted molar refractivity (Wildman–Crippen MR) is 116 cm³/mol. The Morgan fingerprint density at radius 2 is 2.00 bits per heavy atom. The van der Waals surface area contributed by atoms with Gasteiger partial charge in [0, 0.05) is 51.7 Å². The average molecular weight is 437 g/mol. The lowest BCUT2D eigenvalue weighted by Crippen LogP contribution is -2.44. The van der Waals surface area contributed by atoms with Crippen molar-refractivity contribution >= 4 is 5.96 Å². The van der Waals surface area contributed by atoms with E-state index < -0.39 is 11.7 Å². The summed E-state index contributed by atoms with van der Waals surface area (Å²) < 4.78 is 40.3. The number of hydrogen-bond donors (Lipinski definition) is 2. The van der Waals surface area contributed by atoms with Gasteiger partial charge < -0.3 is 15.2 Å². The molecule has 2 heterocycles. The quantitative estimate of drug-likeness (QED) is 0.515. The van der Waals surface area contributed by atoms with Crippen LogP contribution in [0, 0.1) is 5.92 Å². The van der Waals surface area contributed by atoms with Crippen LogP contribution in [0.25, 0.3) is 0 Å². The minimum atomic E-state index is -4.30. The number of hydrogen-bond acceptors (Lipinski definition) is 3. The van der Waals surface area contributed by atoms with Crippen LogP contribution in [-0.2, 0) is 25.8 Å². The number of guanidine groups is 1. The maximum Gasteiger partial charge on any atom is 0.416 e. The van der Waals surface area contributed by atoms with Gasteiger partial charge in [-0.15, -0.1) is 0 Å². The lowest BCUT2D eigenvalue weighted by molar-refractivity contribution is -0.137. The van der Waals surface area contributed by atoms with Crippen molar-refractivity contribution in [1.29, 1.82) is 0 Å². The zero-order chi connectivity index (χ0) is 22.4. The zero-order valence-corrected chi connectivity index (χ0v) is 18.3. The van der Waals surface area contributed by atoms with Gasteiger partial charge >= 0.3 is 6.18 Å². The number of rotatable bonds is 7. The van der Waals surface area contributed by atoms with E-state index in [1.807, 2.05) is 12.4 Å². The predicted octanol–water partition coefficient (Wildman–Crippen LogP) is 3.50. The van der Waals surface area contributed by atoms with E-state index >= 15 is 0 Å². The van der Waals surface area contributed by atoms with Gasteiger partial charge in [0.2, 0.25) is 0 Å². The molecule has 1 fully saturated rings. The molecule has 31 heavy (non-hydrogen) atoms. The Morgan fingerprint density at radius 1 is 1.26 bits per heavy atom. The van der Waals surface area contributed by atoms with Crippen LogP contribution in [0.15, 0.2) is 41.7 Å².